The highest BCUT2D eigenvalue weighted by atomic mass is 16.5. The summed E-state index contributed by atoms with van der Waals surface area (Å²) in [5.74, 6) is 0.896. The molecule has 182 valence electrons. The van der Waals surface area contributed by atoms with Gasteiger partial charge >= 0.3 is 5.97 Å². The van der Waals surface area contributed by atoms with E-state index in [0.717, 1.165) is 38.6 Å². The van der Waals surface area contributed by atoms with E-state index in [4.69, 9.17) is 4.74 Å². The lowest BCUT2D eigenvalue weighted by Crippen LogP contribution is -2.32. The van der Waals surface area contributed by atoms with Crippen molar-refractivity contribution < 1.29 is 14.3 Å². The van der Waals surface area contributed by atoms with Gasteiger partial charge in [-0.15, -0.1) is 0 Å². The molecule has 0 aromatic rings. The maximum atomic E-state index is 13.0. The summed E-state index contributed by atoms with van der Waals surface area (Å²) in [4.78, 5) is 27.5. The Morgan fingerprint density at radius 2 is 1.52 bits per heavy atom. The second-order valence-corrected chi connectivity index (χ2v) is 9.82. The minimum absolute atomic E-state index is 0.0120. The molecule has 4 nitrogen and oxygen atoms in total. The van der Waals surface area contributed by atoms with Crippen LogP contribution in [-0.2, 0) is 14.3 Å². The van der Waals surface area contributed by atoms with E-state index in [1.165, 1.54) is 51.4 Å². The van der Waals surface area contributed by atoms with Crippen molar-refractivity contribution in [3.8, 4) is 0 Å². The number of likely N-dealkylation sites (tertiary alicyclic amines) is 1. The molecule has 4 heteroatoms. The first-order valence-corrected chi connectivity index (χ1v) is 13.5. The van der Waals surface area contributed by atoms with Gasteiger partial charge in [0.1, 0.15) is 6.10 Å². The predicted molar refractivity (Wildman–Crippen MR) is 130 cm³/mol. The summed E-state index contributed by atoms with van der Waals surface area (Å²) in [5.41, 5.74) is 0. The Morgan fingerprint density at radius 1 is 0.903 bits per heavy atom. The van der Waals surface area contributed by atoms with Gasteiger partial charge in [-0.2, -0.15) is 0 Å². The van der Waals surface area contributed by atoms with Gasteiger partial charge in [-0.1, -0.05) is 92.4 Å². The first-order chi connectivity index (χ1) is 15.0. The largest absolute Gasteiger partial charge is 0.462 e. The number of carbonyl (C=O) groups is 2. The van der Waals surface area contributed by atoms with E-state index in [9.17, 15) is 9.59 Å². The smallest absolute Gasteiger partial charge is 0.311 e. The Kier molecular flexibility index (Phi) is 14.9. The lowest BCUT2D eigenvalue weighted by molar-refractivity contribution is -0.155. The Balaban J connectivity index is 2.64. The topological polar surface area (TPSA) is 46.6 Å². The molecule has 4 atom stereocenters. The quantitative estimate of drug-likeness (QED) is 0.169. The van der Waals surface area contributed by atoms with Gasteiger partial charge in [0, 0.05) is 19.5 Å². The van der Waals surface area contributed by atoms with Crippen LogP contribution in [0.25, 0.3) is 0 Å². The SMILES string of the molecule is CCCCCC(CC(CC)CCCC)OC(=O)C1CC(=O)N(CC(CC)CCCC)C1. The van der Waals surface area contributed by atoms with Gasteiger partial charge in [-0.25, -0.2) is 0 Å². The molecule has 1 fully saturated rings. The summed E-state index contributed by atoms with van der Waals surface area (Å²) < 4.78 is 6.07. The molecule has 1 aliphatic rings. The molecule has 1 rings (SSSR count). The summed E-state index contributed by atoms with van der Waals surface area (Å²) in [6, 6.07) is 0. The molecular formula is C27H51NO3. The maximum absolute atomic E-state index is 13.0. The first-order valence-electron chi connectivity index (χ1n) is 13.5. The molecule has 0 aromatic carbocycles. The zero-order chi connectivity index (χ0) is 23.1. The second-order valence-electron chi connectivity index (χ2n) is 9.82. The van der Waals surface area contributed by atoms with Crippen molar-refractivity contribution >= 4 is 11.9 Å². The number of esters is 1. The molecule has 0 radical (unpaired) electrons. The van der Waals surface area contributed by atoms with Crippen LogP contribution in [0.5, 0.6) is 0 Å². The molecule has 1 amide bonds. The normalized spacial score (nSPS) is 19.5. The van der Waals surface area contributed by atoms with Gasteiger partial charge in [0.2, 0.25) is 5.91 Å². The van der Waals surface area contributed by atoms with Crippen LogP contribution in [0.3, 0.4) is 0 Å². The highest BCUT2D eigenvalue weighted by Gasteiger charge is 2.37. The third-order valence-electron chi connectivity index (χ3n) is 7.12. The molecule has 31 heavy (non-hydrogen) atoms. The second kappa shape index (κ2) is 16.6. The van der Waals surface area contributed by atoms with Crippen LogP contribution in [0.15, 0.2) is 0 Å². The van der Waals surface area contributed by atoms with Crippen LogP contribution >= 0.6 is 0 Å². The highest BCUT2D eigenvalue weighted by molar-refractivity contribution is 5.86. The zero-order valence-corrected chi connectivity index (χ0v) is 21.3. The van der Waals surface area contributed by atoms with Crippen LogP contribution in [0.4, 0.5) is 0 Å². The average molecular weight is 438 g/mol. The number of hydrogen-bond donors (Lipinski definition) is 0. The summed E-state index contributed by atoms with van der Waals surface area (Å²) in [6.07, 6.45) is 15.3. The van der Waals surface area contributed by atoms with Gasteiger partial charge in [-0.05, 0) is 37.5 Å². The number of ether oxygens (including phenoxy) is 1. The molecule has 4 unspecified atom stereocenters. The standard InChI is InChI=1S/C27H51NO3/c1-6-11-14-17-25(18-22(9-4)15-12-7-2)31-27(30)24-19-26(29)28(21-24)20-23(10-5)16-13-8-3/h22-25H,6-21H2,1-5H3. The Labute approximate surface area is 192 Å². The number of rotatable bonds is 18. The monoisotopic (exact) mass is 437 g/mol. The third-order valence-corrected chi connectivity index (χ3v) is 7.12. The van der Waals surface area contributed by atoms with Crippen molar-refractivity contribution in [3.05, 3.63) is 0 Å². The van der Waals surface area contributed by atoms with Crippen LogP contribution in [0, 0.1) is 17.8 Å². The average Bonchev–Trinajstić information content (AvgIpc) is 3.14. The van der Waals surface area contributed by atoms with Gasteiger partial charge < -0.3 is 9.64 Å². The number of amides is 1. The summed E-state index contributed by atoms with van der Waals surface area (Å²) in [5, 5.41) is 0. The van der Waals surface area contributed by atoms with E-state index in [0.29, 0.717) is 24.8 Å². The van der Waals surface area contributed by atoms with E-state index < -0.39 is 0 Å². The van der Waals surface area contributed by atoms with E-state index >= 15 is 0 Å². The minimum Gasteiger partial charge on any atom is -0.462 e. The molecule has 0 aliphatic carbocycles. The van der Waals surface area contributed by atoms with Crippen LogP contribution < -0.4 is 0 Å². The molecule has 0 N–H and O–H groups in total. The zero-order valence-electron chi connectivity index (χ0n) is 21.3. The van der Waals surface area contributed by atoms with E-state index in [1.54, 1.807) is 0 Å². The van der Waals surface area contributed by atoms with Crippen LogP contribution in [0.2, 0.25) is 0 Å². The van der Waals surface area contributed by atoms with Crippen molar-refractivity contribution in [2.75, 3.05) is 13.1 Å². The molecule has 0 spiro atoms. The molecule has 1 aliphatic heterocycles. The first kappa shape index (κ1) is 28.0. The van der Waals surface area contributed by atoms with Crippen molar-refractivity contribution in [1.82, 2.24) is 4.90 Å². The number of hydrogen-bond acceptors (Lipinski definition) is 3. The van der Waals surface area contributed by atoms with Crippen molar-refractivity contribution in [2.45, 2.75) is 131 Å². The molecular weight excluding hydrogens is 386 g/mol. The van der Waals surface area contributed by atoms with Gasteiger partial charge in [0.25, 0.3) is 0 Å². The van der Waals surface area contributed by atoms with Gasteiger partial charge in [0.05, 0.1) is 5.92 Å². The third kappa shape index (κ3) is 10.9. The van der Waals surface area contributed by atoms with E-state index in [-0.39, 0.29) is 23.9 Å². The number of carbonyl (C=O) groups excluding carboxylic acids is 2. The molecule has 0 aromatic heterocycles. The lowest BCUT2D eigenvalue weighted by atomic mass is 9.91. The molecule has 0 bridgehead atoms. The van der Waals surface area contributed by atoms with Crippen molar-refractivity contribution in [1.29, 1.82) is 0 Å². The molecule has 1 heterocycles. The minimum atomic E-state index is -0.277. The Morgan fingerprint density at radius 3 is 2.10 bits per heavy atom. The van der Waals surface area contributed by atoms with Gasteiger partial charge in [0.15, 0.2) is 0 Å². The fourth-order valence-electron chi connectivity index (χ4n) is 4.80. The van der Waals surface area contributed by atoms with Crippen molar-refractivity contribution in [3.63, 3.8) is 0 Å². The lowest BCUT2D eigenvalue weighted by Gasteiger charge is -2.25. The predicted octanol–water partition coefficient (Wildman–Crippen LogP) is 7.15. The fraction of sp³-hybridized carbons (Fsp3) is 0.926. The fourth-order valence-corrected chi connectivity index (χ4v) is 4.80. The highest BCUT2D eigenvalue weighted by Crippen LogP contribution is 2.27. The summed E-state index contributed by atoms with van der Waals surface area (Å²) >= 11 is 0. The molecule has 1 saturated heterocycles. The Hall–Kier alpha value is -1.06. The summed E-state index contributed by atoms with van der Waals surface area (Å²) in [7, 11) is 0. The van der Waals surface area contributed by atoms with Gasteiger partial charge in [-0.3, -0.25) is 9.59 Å². The molecule has 0 saturated carbocycles. The summed E-state index contributed by atoms with van der Waals surface area (Å²) in [6.45, 7) is 12.5. The number of nitrogens with zero attached hydrogens (tertiary/aromatic N) is 1. The van der Waals surface area contributed by atoms with Crippen LogP contribution in [0.1, 0.15) is 125 Å². The maximum Gasteiger partial charge on any atom is 0.311 e. The van der Waals surface area contributed by atoms with E-state index in [2.05, 4.69) is 34.6 Å². The van der Waals surface area contributed by atoms with E-state index in [1.807, 2.05) is 4.90 Å². The van der Waals surface area contributed by atoms with Crippen molar-refractivity contribution in [2.24, 2.45) is 17.8 Å². The van der Waals surface area contributed by atoms with Crippen LogP contribution in [-0.4, -0.2) is 36.0 Å². The number of unbranched alkanes of at least 4 members (excludes halogenated alkanes) is 4. The Bertz CT molecular complexity index is 493.